The summed E-state index contributed by atoms with van der Waals surface area (Å²) in [6.45, 7) is 1.60. The van der Waals surface area contributed by atoms with E-state index in [0.717, 1.165) is 16.9 Å². The molecule has 1 heterocycles. The number of aryl methyl sites for hydroxylation is 1. The standard InChI is InChI=1S/C17H18N2O4S/c1-10-13(15(18)21)16(24-14(10)17(22)23-2)19-12(20)9-8-11-6-4-3-5-7-11/h3-7H,8-9H2,1-2H3,(H2,18,21)(H,19,20). The van der Waals surface area contributed by atoms with Gasteiger partial charge in [0.1, 0.15) is 9.88 Å². The Morgan fingerprint density at radius 3 is 2.46 bits per heavy atom. The Hall–Kier alpha value is -2.67. The molecule has 3 N–H and O–H groups in total. The molecule has 0 spiro atoms. The van der Waals surface area contributed by atoms with Crippen LogP contribution in [0.25, 0.3) is 0 Å². The highest BCUT2D eigenvalue weighted by Crippen LogP contribution is 2.33. The average Bonchev–Trinajstić information content (AvgIpc) is 2.89. The van der Waals surface area contributed by atoms with Gasteiger partial charge in [-0.15, -0.1) is 11.3 Å². The molecule has 1 aromatic heterocycles. The fourth-order valence-electron chi connectivity index (χ4n) is 2.28. The highest BCUT2D eigenvalue weighted by atomic mass is 32.1. The first kappa shape index (κ1) is 17.7. The average molecular weight is 346 g/mol. The predicted octanol–water partition coefficient (Wildman–Crippen LogP) is 2.51. The number of primary amides is 1. The van der Waals surface area contributed by atoms with Crippen molar-refractivity contribution < 1.29 is 19.1 Å². The van der Waals surface area contributed by atoms with Crippen molar-refractivity contribution in [2.24, 2.45) is 5.73 Å². The van der Waals surface area contributed by atoms with Gasteiger partial charge in [-0.05, 0) is 24.5 Å². The van der Waals surface area contributed by atoms with Crippen LogP contribution in [0.1, 0.15) is 37.6 Å². The second-order valence-corrected chi connectivity index (χ2v) is 6.17. The molecule has 1 aromatic carbocycles. The lowest BCUT2D eigenvalue weighted by molar-refractivity contribution is -0.116. The minimum absolute atomic E-state index is 0.147. The predicted molar refractivity (Wildman–Crippen MR) is 92.3 cm³/mol. The minimum Gasteiger partial charge on any atom is -0.465 e. The molecule has 126 valence electrons. The highest BCUT2D eigenvalue weighted by molar-refractivity contribution is 7.18. The van der Waals surface area contributed by atoms with Gasteiger partial charge < -0.3 is 15.8 Å². The van der Waals surface area contributed by atoms with Crippen molar-refractivity contribution in [3.05, 3.63) is 51.9 Å². The lowest BCUT2D eigenvalue weighted by atomic mass is 10.1. The Morgan fingerprint density at radius 1 is 1.21 bits per heavy atom. The minimum atomic E-state index is -0.697. The molecule has 0 bridgehead atoms. The number of hydrogen-bond acceptors (Lipinski definition) is 5. The fourth-order valence-corrected chi connectivity index (χ4v) is 3.42. The Balaban J connectivity index is 2.14. The summed E-state index contributed by atoms with van der Waals surface area (Å²) in [5, 5.41) is 2.95. The Morgan fingerprint density at radius 2 is 1.88 bits per heavy atom. The second-order valence-electron chi connectivity index (χ2n) is 5.15. The van der Waals surface area contributed by atoms with Crippen LogP contribution in [0.5, 0.6) is 0 Å². The Kier molecular flexibility index (Phi) is 5.70. The first-order valence-corrected chi connectivity index (χ1v) is 8.11. The van der Waals surface area contributed by atoms with Gasteiger partial charge in [0.25, 0.3) is 5.91 Å². The van der Waals surface area contributed by atoms with Gasteiger partial charge in [-0.25, -0.2) is 4.79 Å². The summed E-state index contributed by atoms with van der Waals surface area (Å²) in [5.41, 5.74) is 6.98. The van der Waals surface area contributed by atoms with E-state index >= 15 is 0 Å². The normalized spacial score (nSPS) is 10.2. The van der Waals surface area contributed by atoms with Gasteiger partial charge in [0.05, 0.1) is 12.7 Å². The molecule has 24 heavy (non-hydrogen) atoms. The first-order chi connectivity index (χ1) is 11.4. The molecule has 0 saturated heterocycles. The number of nitrogens with one attached hydrogen (secondary N) is 1. The molecule has 2 rings (SSSR count). The van der Waals surface area contributed by atoms with Gasteiger partial charge in [0.2, 0.25) is 5.91 Å². The molecule has 2 aromatic rings. The molecular weight excluding hydrogens is 328 g/mol. The van der Waals surface area contributed by atoms with Crippen LogP contribution < -0.4 is 11.1 Å². The second kappa shape index (κ2) is 7.74. The summed E-state index contributed by atoms with van der Waals surface area (Å²) < 4.78 is 4.68. The number of carbonyl (C=O) groups is 3. The number of thiophene rings is 1. The van der Waals surface area contributed by atoms with Crippen molar-refractivity contribution in [2.45, 2.75) is 19.8 Å². The zero-order chi connectivity index (χ0) is 17.7. The summed E-state index contributed by atoms with van der Waals surface area (Å²) >= 11 is 0.990. The topological polar surface area (TPSA) is 98.5 Å². The molecule has 0 aliphatic carbocycles. The van der Waals surface area contributed by atoms with Crippen LogP contribution in [0, 0.1) is 6.92 Å². The van der Waals surface area contributed by atoms with Crippen molar-refractivity contribution in [1.82, 2.24) is 0 Å². The number of benzene rings is 1. The van der Waals surface area contributed by atoms with Crippen LogP contribution in [-0.2, 0) is 16.0 Å². The van der Waals surface area contributed by atoms with E-state index in [4.69, 9.17) is 5.73 Å². The number of nitrogens with two attached hydrogens (primary N) is 1. The van der Waals surface area contributed by atoms with E-state index in [1.54, 1.807) is 6.92 Å². The zero-order valence-electron chi connectivity index (χ0n) is 13.4. The maximum absolute atomic E-state index is 12.1. The molecule has 0 unspecified atom stereocenters. The van der Waals surface area contributed by atoms with Crippen LogP contribution in [0.4, 0.5) is 5.00 Å². The molecule has 0 aliphatic heterocycles. The summed E-state index contributed by atoms with van der Waals surface area (Å²) in [5.74, 6) is -1.51. The van der Waals surface area contributed by atoms with Gasteiger partial charge in [-0.3, -0.25) is 9.59 Å². The van der Waals surface area contributed by atoms with E-state index in [-0.39, 0.29) is 27.8 Å². The van der Waals surface area contributed by atoms with Gasteiger partial charge in [0.15, 0.2) is 0 Å². The zero-order valence-corrected chi connectivity index (χ0v) is 14.2. The SMILES string of the molecule is COC(=O)c1sc(NC(=O)CCc2ccccc2)c(C(N)=O)c1C. The third kappa shape index (κ3) is 3.99. The molecule has 6 nitrogen and oxygen atoms in total. The van der Waals surface area contributed by atoms with Crippen molar-refractivity contribution in [3.63, 3.8) is 0 Å². The number of carbonyl (C=O) groups excluding carboxylic acids is 3. The molecule has 7 heteroatoms. The van der Waals surface area contributed by atoms with Crippen molar-refractivity contribution in [2.75, 3.05) is 12.4 Å². The molecule has 0 radical (unpaired) electrons. The smallest absolute Gasteiger partial charge is 0.348 e. The number of rotatable bonds is 6. The van der Waals surface area contributed by atoms with E-state index in [9.17, 15) is 14.4 Å². The third-order valence-electron chi connectivity index (χ3n) is 3.50. The van der Waals surface area contributed by atoms with E-state index < -0.39 is 11.9 Å². The van der Waals surface area contributed by atoms with E-state index in [2.05, 4.69) is 10.1 Å². The molecule has 0 atom stereocenters. The maximum atomic E-state index is 12.1. The lowest BCUT2D eigenvalue weighted by Gasteiger charge is -2.05. The van der Waals surface area contributed by atoms with Gasteiger partial charge in [0, 0.05) is 6.42 Å². The molecular formula is C17H18N2O4S. The maximum Gasteiger partial charge on any atom is 0.348 e. The van der Waals surface area contributed by atoms with Gasteiger partial charge in [-0.2, -0.15) is 0 Å². The van der Waals surface area contributed by atoms with E-state index in [0.29, 0.717) is 12.0 Å². The Labute approximate surface area is 143 Å². The third-order valence-corrected chi connectivity index (χ3v) is 4.69. The molecule has 0 saturated carbocycles. The molecule has 0 aliphatic rings. The van der Waals surface area contributed by atoms with Crippen LogP contribution in [-0.4, -0.2) is 24.9 Å². The quantitative estimate of drug-likeness (QED) is 0.785. The summed E-state index contributed by atoms with van der Waals surface area (Å²) in [6.07, 6.45) is 0.833. The van der Waals surface area contributed by atoms with Gasteiger partial charge >= 0.3 is 5.97 Å². The van der Waals surface area contributed by atoms with Crippen LogP contribution in [0.2, 0.25) is 0 Å². The number of hydrogen-bond donors (Lipinski definition) is 2. The van der Waals surface area contributed by atoms with Crippen molar-refractivity contribution in [3.8, 4) is 0 Å². The lowest BCUT2D eigenvalue weighted by Crippen LogP contribution is -2.17. The Bertz CT molecular complexity index is 768. The molecule has 2 amide bonds. The van der Waals surface area contributed by atoms with E-state index in [1.807, 2.05) is 30.3 Å². The number of methoxy groups -OCH3 is 1. The van der Waals surface area contributed by atoms with Crippen molar-refractivity contribution >= 4 is 34.1 Å². The van der Waals surface area contributed by atoms with Crippen LogP contribution >= 0.6 is 11.3 Å². The first-order valence-electron chi connectivity index (χ1n) is 7.29. The van der Waals surface area contributed by atoms with E-state index in [1.165, 1.54) is 7.11 Å². The largest absolute Gasteiger partial charge is 0.465 e. The number of esters is 1. The number of amides is 2. The number of anilines is 1. The van der Waals surface area contributed by atoms with Gasteiger partial charge in [-0.1, -0.05) is 30.3 Å². The summed E-state index contributed by atoms with van der Waals surface area (Å²) in [4.78, 5) is 35.8. The monoisotopic (exact) mass is 346 g/mol. The fraction of sp³-hybridized carbons (Fsp3) is 0.235. The molecule has 0 fully saturated rings. The highest BCUT2D eigenvalue weighted by Gasteiger charge is 2.24. The van der Waals surface area contributed by atoms with Crippen LogP contribution in [0.3, 0.4) is 0 Å². The summed E-state index contributed by atoms with van der Waals surface area (Å²) in [7, 11) is 1.25. The summed E-state index contributed by atoms with van der Waals surface area (Å²) in [6, 6.07) is 9.60. The number of ether oxygens (including phenoxy) is 1. The van der Waals surface area contributed by atoms with Crippen LogP contribution in [0.15, 0.2) is 30.3 Å². The van der Waals surface area contributed by atoms with Crippen molar-refractivity contribution in [1.29, 1.82) is 0 Å².